The van der Waals surface area contributed by atoms with Crippen LogP contribution in [0.5, 0.6) is 0 Å². The summed E-state index contributed by atoms with van der Waals surface area (Å²) in [5.74, 6) is 1.18. The average molecular weight is 807 g/mol. The zero-order chi connectivity index (χ0) is 41.9. The lowest BCUT2D eigenvalue weighted by Crippen LogP contribution is -2.05. The predicted octanol–water partition coefficient (Wildman–Crippen LogP) is 15.3. The van der Waals surface area contributed by atoms with Crippen LogP contribution in [0.4, 0.5) is 0 Å². The Morgan fingerprint density at radius 1 is 0.429 bits per heavy atom. The van der Waals surface area contributed by atoms with Crippen LogP contribution in [0.15, 0.2) is 218 Å². The van der Waals surface area contributed by atoms with E-state index < -0.39 is 0 Å². The third-order valence-electron chi connectivity index (χ3n) is 12.7. The first kappa shape index (κ1) is 36.7. The normalized spacial score (nSPS) is 13.9. The fourth-order valence-electron chi connectivity index (χ4n) is 9.64. The molecule has 0 saturated carbocycles. The van der Waals surface area contributed by atoms with Crippen LogP contribution in [0.2, 0.25) is 0 Å². The smallest absolute Gasteiger partial charge is 0.158 e. The fraction of sp³-hybridized carbons (Fsp3) is 0.0508. The van der Waals surface area contributed by atoms with Crippen LogP contribution in [0.1, 0.15) is 19.2 Å². The first-order chi connectivity index (χ1) is 31.1. The fourth-order valence-corrected chi connectivity index (χ4v) is 9.64. The Kier molecular flexibility index (Phi) is 8.82. The number of hydrogen-bond donors (Lipinski definition) is 0. The van der Waals surface area contributed by atoms with E-state index >= 15 is 0 Å². The molecule has 0 amide bonds. The molecule has 0 fully saturated rings. The zero-order valence-electron chi connectivity index (χ0n) is 34.9. The third kappa shape index (κ3) is 6.38. The highest BCUT2D eigenvalue weighted by molar-refractivity contribution is 6.15. The minimum Gasteiger partial charge on any atom is -0.309 e. The van der Waals surface area contributed by atoms with Gasteiger partial charge in [-0.25, -0.2) is 9.97 Å². The Morgan fingerprint density at radius 2 is 0.984 bits per heavy atom. The second-order valence-corrected chi connectivity index (χ2v) is 16.7. The molecule has 0 N–H and O–H groups in total. The van der Waals surface area contributed by atoms with Crippen LogP contribution in [0.3, 0.4) is 0 Å². The predicted molar refractivity (Wildman–Crippen MR) is 263 cm³/mol. The summed E-state index contributed by atoms with van der Waals surface area (Å²) in [4.78, 5) is 11.0. The maximum absolute atomic E-state index is 5.52. The van der Waals surface area contributed by atoms with E-state index in [-0.39, 0.29) is 0 Å². The monoisotopic (exact) mass is 806 g/mol. The molecule has 0 radical (unpaired) electrons. The van der Waals surface area contributed by atoms with E-state index in [4.69, 9.17) is 9.97 Å². The van der Waals surface area contributed by atoms with E-state index in [9.17, 15) is 0 Å². The quantitative estimate of drug-likeness (QED) is 0.161. The highest BCUT2D eigenvalue weighted by atomic mass is 15.1. The third-order valence-corrected chi connectivity index (χ3v) is 12.7. The van der Waals surface area contributed by atoms with Crippen molar-refractivity contribution in [1.29, 1.82) is 0 Å². The molecule has 1 aliphatic carbocycles. The van der Waals surface area contributed by atoms with Gasteiger partial charge in [-0.1, -0.05) is 177 Å². The molecule has 1 aliphatic rings. The standard InChI is InChI=1S/C59H42N4/c1-39-16-13-25-47(34-39)58-60-57(42-21-9-4-10-22-42)56-52-37-45(31-33-54(52)63(59(56)61-58)49-27-15-24-44(36-49)41-19-7-3-8-20-41)46-30-32-51-50-28-11-12-29-53(50)62(55(51)38-46)48-26-14-23-43(35-48)40-17-5-2-6-18-40/h2-33,35-39H,34H2,1H3. The molecule has 4 nitrogen and oxygen atoms in total. The maximum atomic E-state index is 5.52. The molecule has 12 rings (SSSR count). The Bertz CT molecular complexity index is 3590. The van der Waals surface area contributed by atoms with E-state index in [1.807, 2.05) is 0 Å². The first-order valence-corrected chi connectivity index (χ1v) is 21.8. The number of allylic oxidation sites excluding steroid dienone is 4. The minimum absolute atomic E-state index is 0.407. The summed E-state index contributed by atoms with van der Waals surface area (Å²) in [6, 6.07) is 72.2. The number of hydrogen-bond acceptors (Lipinski definition) is 2. The molecule has 0 aliphatic heterocycles. The molecule has 1 unspecified atom stereocenters. The van der Waals surface area contributed by atoms with Gasteiger partial charge in [-0.3, -0.25) is 4.57 Å². The summed E-state index contributed by atoms with van der Waals surface area (Å²) < 4.78 is 4.77. The number of para-hydroxylation sites is 1. The first-order valence-electron chi connectivity index (χ1n) is 21.8. The maximum Gasteiger partial charge on any atom is 0.158 e. The molecule has 3 aromatic heterocycles. The van der Waals surface area contributed by atoms with E-state index in [1.54, 1.807) is 0 Å². The largest absolute Gasteiger partial charge is 0.309 e. The van der Waals surface area contributed by atoms with Crippen molar-refractivity contribution in [3.63, 3.8) is 0 Å². The van der Waals surface area contributed by atoms with Gasteiger partial charge in [-0.15, -0.1) is 0 Å². The van der Waals surface area contributed by atoms with Gasteiger partial charge in [0.2, 0.25) is 0 Å². The number of aromatic nitrogens is 4. The molecule has 63 heavy (non-hydrogen) atoms. The molecule has 0 spiro atoms. The summed E-state index contributed by atoms with van der Waals surface area (Å²) in [6.45, 7) is 2.26. The Hall–Kier alpha value is -8.08. The molecule has 0 bridgehead atoms. The zero-order valence-corrected chi connectivity index (χ0v) is 34.9. The SMILES string of the molecule is CC1C=CC=C(c2nc(-c3ccccc3)c3c4cc(-c5ccc6c7ccccc7n(-c7cccc(-c8ccccc8)c7)c6c5)ccc4n(-c4cccc(-c5ccccc5)c4)c3n2)C1. The number of nitrogens with zero attached hydrogens (tertiary/aromatic N) is 4. The van der Waals surface area contributed by atoms with Gasteiger partial charge in [0.05, 0.1) is 27.6 Å². The van der Waals surface area contributed by atoms with Gasteiger partial charge >= 0.3 is 0 Å². The van der Waals surface area contributed by atoms with E-state index in [2.05, 4.69) is 234 Å². The van der Waals surface area contributed by atoms with Crippen molar-refractivity contribution in [2.24, 2.45) is 5.92 Å². The van der Waals surface area contributed by atoms with Crippen LogP contribution in [-0.2, 0) is 0 Å². The van der Waals surface area contributed by atoms with Gasteiger partial charge in [0.1, 0.15) is 5.65 Å². The van der Waals surface area contributed by atoms with E-state index in [0.717, 1.165) is 79.1 Å². The molecule has 0 saturated heterocycles. The Balaban J connectivity index is 1.11. The highest BCUT2D eigenvalue weighted by Gasteiger charge is 2.24. The Labute approximate surface area is 366 Å². The van der Waals surface area contributed by atoms with Gasteiger partial charge in [-0.05, 0) is 99.8 Å². The number of fused-ring (bicyclic) bond motifs is 6. The van der Waals surface area contributed by atoms with Gasteiger partial charge in [0, 0.05) is 33.1 Å². The van der Waals surface area contributed by atoms with Crippen LogP contribution in [0.25, 0.3) is 105 Å². The van der Waals surface area contributed by atoms with Crippen molar-refractivity contribution in [1.82, 2.24) is 19.1 Å². The van der Waals surface area contributed by atoms with Crippen molar-refractivity contribution in [2.45, 2.75) is 13.3 Å². The molecule has 11 aromatic rings. The lowest BCUT2D eigenvalue weighted by Gasteiger charge is -2.16. The summed E-state index contributed by atoms with van der Waals surface area (Å²) in [5.41, 5.74) is 16.7. The molecule has 1 atom stereocenters. The van der Waals surface area contributed by atoms with Crippen molar-refractivity contribution in [3.8, 4) is 56.0 Å². The Morgan fingerprint density at radius 3 is 1.68 bits per heavy atom. The summed E-state index contributed by atoms with van der Waals surface area (Å²) in [5, 5.41) is 4.61. The lowest BCUT2D eigenvalue weighted by molar-refractivity contribution is 0.744. The molecular weight excluding hydrogens is 765 g/mol. The average Bonchev–Trinajstić information content (AvgIpc) is 3.87. The topological polar surface area (TPSA) is 35.6 Å². The molecular formula is C59H42N4. The second-order valence-electron chi connectivity index (χ2n) is 16.7. The van der Waals surface area contributed by atoms with Crippen LogP contribution in [-0.4, -0.2) is 19.1 Å². The minimum atomic E-state index is 0.407. The van der Waals surface area contributed by atoms with Crippen molar-refractivity contribution in [2.75, 3.05) is 0 Å². The van der Waals surface area contributed by atoms with E-state index in [1.165, 1.54) is 38.5 Å². The van der Waals surface area contributed by atoms with Crippen LogP contribution in [0, 0.1) is 5.92 Å². The van der Waals surface area contributed by atoms with E-state index in [0.29, 0.717) is 5.92 Å². The van der Waals surface area contributed by atoms with Crippen molar-refractivity contribution < 1.29 is 0 Å². The molecule has 298 valence electrons. The highest BCUT2D eigenvalue weighted by Crippen LogP contribution is 2.42. The van der Waals surface area contributed by atoms with Gasteiger partial charge in [0.25, 0.3) is 0 Å². The van der Waals surface area contributed by atoms with Gasteiger partial charge < -0.3 is 4.57 Å². The molecule has 4 heteroatoms. The molecule has 8 aromatic carbocycles. The number of rotatable bonds is 7. The van der Waals surface area contributed by atoms with Gasteiger partial charge in [-0.2, -0.15) is 0 Å². The summed E-state index contributed by atoms with van der Waals surface area (Å²) in [6.07, 6.45) is 7.48. The second kappa shape index (κ2) is 15.1. The molecule has 3 heterocycles. The number of benzene rings is 8. The van der Waals surface area contributed by atoms with Gasteiger partial charge in [0.15, 0.2) is 5.82 Å². The lowest BCUT2D eigenvalue weighted by atomic mass is 9.95. The van der Waals surface area contributed by atoms with Crippen LogP contribution < -0.4 is 0 Å². The summed E-state index contributed by atoms with van der Waals surface area (Å²) in [7, 11) is 0. The van der Waals surface area contributed by atoms with Crippen molar-refractivity contribution >= 4 is 49.3 Å². The van der Waals surface area contributed by atoms with Crippen molar-refractivity contribution in [3.05, 3.63) is 224 Å². The van der Waals surface area contributed by atoms with Crippen LogP contribution >= 0.6 is 0 Å². The summed E-state index contributed by atoms with van der Waals surface area (Å²) >= 11 is 0.